The van der Waals surface area contributed by atoms with Crippen LogP contribution in [0.2, 0.25) is 0 Å². The highest BCUT2D eigenvalue weighted by Gasteiger charge is 2.22. The van der Waals surface area contributed by atoms with Gasteiger partial charge in [0.25, 0.3) is 0 Å². The first-order chi connectivity index (χ1) is 8.25. The molecule has 0 saturated carbocycles. The van der Waals surface area contributed by atoms with Crippen LogP contribution in [0.15, 0.2) is 46.9 Å². The quantitative estimate of drug-likeness (QED) is 0.806. The molecule has 2 nitrogen and oxygen atoms in total. The normalized spacial score (nSPS) is 17.6. The largest absolute Gasteiger partial charge is 0.488 e. The zero-order valence-corrected chi connectivity index (χ0v) is 10.6. The maximum atomic E-state index is 10.4. The van der Waals surface area contributed by atoms with Crippen LogP contribution in [0.5, 0.6) is 5.75 Å². The lowest BCUT2D eigenvalue weighted by Crippen LogP contribution is -2.00. The molecule has 1 N–H and O–H groups in total. The maximum Gasteiger partial charge on any atom is 0.126 e. The molecule has 0 fully saturated rings. The summed E-state index contributed by atoms with van der Waals surface area (Å²) in [6.07, 6.45) is -0.624. The first-order valence-corrected chi connectivity index (χ1v) is 6.23. The smallest absolute Gasteiger partial charge is 0.126 e. The Hall–Kier alpha value is -1.32. The Morgan fingerprint density at radius 1 is 1.12 bits per heavy atom. The number of hydrogen-bond donors (Lipinski definition) is 1. The molecule has 86 valence electrons. The van der Waals surface area contributed by atoms with Crippen molar-refractivity contribution in [1.29, 1.82) is 0 Å². The van der Waals surface area contributed by atoms with Gasteiger partial charge < -0.3 is 9.84 Å². The Kier molecular flexibility index (Phi) is 2.65. The molecule has 1 heterocycles. The lowest BCUT2D eigenvalue weighted by molar-refractivity contribution is 0.218. The first-order valence-electron chi connectivity index (χ1n) is 5.44. The fourth-order valence-corrected chi connectivity index (χ4v) is 2.50. The summed E-state index contributed by atoms with van der Waals surface area (Å²) in [6.45, 7) is 0.502. The highest BCUT2D eigenvalue weighted by Crippen LogP contribution is 2.36. The minimum atomic E-state index is -0.624. The van der Waals surface area contributed by atoms with Crippen LogP contribution in [0.3, 0.4) is 0 Å². The third-order valence-corrected chi connectivity index (χ3v) is 3.49. The molecule has 1 aliphatic rings. The summed E-state index contributed by atoms with van der Waals surface area (Å²) >= 11 is 3.42. The Balaban J connectivity index is 2.18. The zero-order valence-electron chi connectivity index (χ0n) is 9.06. The molecule has 0 unspecified atom stereocenters. The monoisotopic (exact) mass is 290 g/mol. The highest BCUT2D eigenvalue weighted by molar-refractivity contribution is 9.10. The molecule has 0 saturated heterocycles. The summed E-state index contributed by atoms with van der Waals surface area (Å²) in [5, 5.41) is 10.4. The molecule has 3 heteroatoms. The van der Waals surface area contributed by atoms with Crippen LogP contribution in [0.4, 0.5) is 0 Å². The van der Waals surface area contributed by atoms with E-state index < -0.39 is 6.10 Å². The SMILES string of the molecule is O[C@@H]1c2ccccc2COc2ccc(Br)cc21. The van der Waals surface area contributed by atoms with E-state index in [0.29, 0.717) is 6.61 Å². The number of hydrogen-bond acceptors (Lipinski definition) is 2. The van der Waals surface area contributed by atoms with Gasteiger partial charge in [-0.15, -0.1) is 0 Å². The molecule has 0 aliphatic carbocycles. The van der Waals surface area contributed by atoms with Crippen molar-refractivity contribution in [2.24, 2.45) is 0 Å². The minimum absolute atomic E-state index is 0.502. The topological polar surface area (TPSA) is 29.5 Å². The van der Waals surface area contributed by atoms with E-state index in [0.717, 1.165) is 26.9 Å². The lowest BCUT2D eigenvalue weighted by atomic mass is 9.98. The number of ether oxygens (including phenoxy) is 1. The average Bonchev–Trinajstić information content (AvgIpc) is 2.49. The molecule has 0 amide bonds. The van der Waals surface area contributed by atoms with Crippen LogP contribution >= 0.6 is 15.9 Å². The van der Waals surface area contributed by atoms with Crippen molar-refractivity contribution in [3.05, 3.63) is 63.6 Å². The van der Waals surface area contributed by atoms with E-state index in [4.69, 9.17) is 4.74 Å². The summed E-state index contributed by atoms with van der Waals surface area (Å²) < 4.78 is 6.66. The molecular weight excluding hydrogens is 280 g/mol. The lowest BCUT2D eigenvalue weighted by Gasteiger charge is -2.12. The Bertz CT molecular complexity index is 566. The van der Waals surface area contributed by atoms with Gasteiger partial charge in [-0.3, -0.25) is 0 Å². The van der Waals surface area contributed by atoms with E-state index in [1.807, 2.05) is 42.5 Å². The molecule has 2 aromatic carbocycles. The average molecular weight is 291 g/mol. The molecule has 0 bridgehead atoms. The van der Waals surface area contributed by atoms with E-state index in [2.05, 4.69) is 15.9 Å². The Morgan fingerprint density at radius 3 is 2.82 bits per heavy atom. The summed E-state index contributed by atoms with van der Waals surface area (Å²) in [5.74, 6) is 0.747. The van der Waals surface area contributed by atoms with E-state index in [9.17, 15) is 5.11 Å². The second-order valence-corrected chi connectivity index (χ2v) is 4.99. The van der Waals surface area contributed by atoms with Gasteiger partial charge in [0.15, 0.2) is 0 Å². The number of fused-ring (bicyclic) bond motifs is 2. The van der Waals surface area contributed by atoms with Crippen molar-refractivity contribution in [3.8, 4) is 5.75 Å². The Labute approximate surface area is 108 Å². The number of rotatable bonds is 0. The summed E-state index contributed by atoms with van der Waals surface area (Å²) in [6, 6.07) is 13.5. The van der Waals surface area contributed by atoms with E-state index >= 15 is 0 Å². The van der Waals surface area contributed by atoms with Gasteiger partial charge in [-0.05, 0) is 29.3 Å². The molecule has 3 rings (SSSR count). The second-order valence-electron chi connectivity index (χ2n) is 4.07. The van der Waals surface area contributed by atoms with Gasteiger partial charge in [0, 0.05) is 10.0 Å². The predicted octanol–water partition coefficient (Wildman–Crippen LogP) is 3.42. The van der Waals surface area contributed by atoms with Crippen molar-refractivity contribution in [1.82, 2.24) is 0 Å². The van der Waals surface area contributed by atoms with Crippen LogP contribution < -0.4 is 4.74 Å². The van der Waals surface area contributed by atoms with Crippen LogP contribution in [0.25, 0.3) is 0 Å². The number of benzene rings is 2. The maximum absolute atomic E-state index is 10.4. The van der Waals surface area contributed by atoms with Gasteiger partial charge in [-0.2, -0.15) is 0 Å². The fraction of sp³-hybridized carbons (Fsp3) is 0.143. The van der Waals surface area contributed by atoms with Gasteiger partial charge in [0.1, 0.15) is 18.5 Å². The van der Waals surface area contributed by atoms with E-state index in [1.165, 1.54) is 0 Å². The molecule has 2 aromatic rings. The van der Waals surface area contributed by atoms with Gasteiger partial charge >= 0.3 is 0 Å². The van der Waals surface area contributed by atoms with Crippen LogP contribution in [0.1, 0.15) is 22.8 Å². The minimum Gasteiger partial charge on any atom is -0.488 e. The number of aliphatic hydroxyl groups is 1. The van der Waals surface area contributed by atoms with Crippen molar-refractivity contribution in [2.75, 3.05) is 0 Å². The van der Waals surface area contributed by atoms with Crippen molar-refractivity contribution >= 4 is 15.9 Å². The highest BCUT2D eigenvalue weighted by atomic mass is 79.9. The molecule has 1 atom stereocenters. The second kappa shape index (κ2) is 4.17. The van der Waals surface area contributed by atoms with Gasteiger partial charge in [0.05, 0.1) is 0 Å². The van der Waals surface area contributed by atoms with Gasteiger partial charge in [-0.1, -0.05) is 40.2 Å². The van der Waals surface area contributed by atoms with E-state index in [-0.39, 0.29) is 0 Å². The van der Waals surface area contributed by atoms with Crippen molar-refractivity contribution in [2.45, 2.75) is 12.7 Å². The summed E-state index contributed by atoms with van der Waals surface area (Å²) in [7, 11) is 0. The molecule has 0 spiro atoms. The zero-order chi connectivity index (χ0) is 11.8. The Morgan fingerprint density at radius 2 is 1.94 bits per heavy atom. The predicted molar refractivity (Wildman–Crippen MR) is 69.0 cm³/mol. The summed E-state index contributed by atoms with van der Waals surface area (Å²) in [4.78, 5) is 0. The van der Waals surface area contributed by atoms with Crippen LogP contribution in [-0.4, -0.2) is 5.11 Å². The van der Waals surface area contributed by atoms with Crippen molar-refractivity contribution < 1.29 is 9.84 Å². The number of aliphatic hydroxyl groups excluding tert-OH is 1. The first kappa shape index (κ1) is 10.8. The van der Waals surface area contributed by atoms with Crippen LogP contribution in [0, 0.1) is 0 Å². The third-order valence-electron chi connectivity index (χ3n) is 3.00. The van der Waals surface area contributed by atoms with E-state index in [1.54, 1.807) is 0 Å². The third kappa shape index (κ3) is 1.85. The molecule has 0 aromatic heterocycles. The summed E-state index contributed by atoms with van der Waals surface area (Å²) in [5.41, 5.74) is 2.76. The molecule has 1 aliphatic heterocycles. The van der Waals surface area contributed by atoms with Crippen molar-refractivity contribution in [3.63, 3.8) is 0 Å². The van der Waals surface area contributed by atoms with Gasteiger partial charge in [0.2, 0.25) is 0 Å². The molecule has 17 heavy (non-hydrogen) atoms. The standard InChI is InChI=1S/C14H11BrO2/c15-10-5-6-13-12(7-10)14(16)11-4-2-1-3-9(11)8-17-13/h1-7,14,16H,8H2/t14-/m1/s1. The van der Waals surface area contributed by atoms with Gasteiger partial charge in [-0.25, -0.2) is 0 Å². The van der Waals surface area contributed by atoms with Crippen LogP contribution in [-0.2, 0) is 6.61 Å². The fourth-order valence-electron chi connectivity index (χ4n) is 2.12. The molecular formula is C14H11BrO2. The molecule has 0 radical (unpaired) electrons. The number of halogens is 1.